The fraction of sp³-hybridized carbons (Fsp3) is 0.333. The number of carboxylic acids is 1. The number of aliphatic carboxylic acids is 1. The standard InChI is InChI=1S/C18H18N2O5/c1-9(2)14-12-6-7-13(14)16(18(22)23)15(12)17(21)19-10-4-3-5-11(8-10)20(24)25/h3-8,12-13,15-16H,1-2H3,(H,19,21)(H,22,23)/t12-,13-,15-,16-/m1/s1. The summed E-state index contributed by atoms with van der Waals surface area (Å²) in [6.45, 7) is 3.84. The van der Waals surface area contributed by atoms with E-state index in [4.69, 9.17) is 0 Å². The van der Waals surface area contributed by atoms with E-state index in [-0.39, 0.29) is 23.2 Å². The molecule has 7 nitrogen and oxygen atoms in total. The number of anilines is 1. The van der Waals surface area contributed by atoms with Crippen molar-refractivity contribution in [2.45, 2.75) is 13.8 Å². The van der Waals surface area contributed by atoms with Crippen LogP contribution in [0.15, 0.2) is 47.6 Å². The Morgan fingerprint density at radius 2 is 1.80 bits per heavy atom. The van der Waals surface area contributed by atoms with Gasteiger partial charge in [0, 0.05) is 29.7 Å². The molecule has 1 aromatic carbocycles. The number of rotatable bonds is 4. The van der Waals surface area contributed by atoms with Crippen molar-refractivity contribution in [3.05, 3.63) is 57.7 Å². The van der Waals surface area contributed by atoms with E-state index >= 15 is 0 Å². The Kier molecular flexibility index (Phi) is 4.16. The fourth-order valence-electron chi connectivity index (χ4n) is 3.96. The smallest absolute Gasteiger partial charge is 0.308 e. The minimum absolute atomic E-state index is 0.134. The molecular formula is C18H18N2O5. The largest absolute Gasteiger partial charge is 0.481 e. The third kappa shape index (κ3) is 2.82. The lowest BCUT2D eigenvalue weighted by Crippen LogP contribution is -2.36. The number of carbonyl (C=O) groups excluding carboxylic acids is 1. The molecule has 2 N–H and O–H groups in total. The first-order valence-corrected chi connectivity index (χ1v) is 7.95. The maximum atomic E-state index is 12.8. The van der Waals surface area contributed by atoms with Crippen molar-refractivity contribution in [3.63, 3.8) is 0 Å². The van der Waals surface area contributed by atoms with Gasteiger partial charge in [0.2, 0.25) is 5.91 Å². The number of nitro benzene ring substituents is 1. The number of fused-ring (bicyclic) bond motifs is 2. The normalized spacial score (nSPS) is 26.6. The van der Waals surface area contributed by atoms with E-state index in [0.717, 1.165) is 11.1 Å². The van der Waals surface area contributed by atoms with Crippen LogP contribution in [0.3, 0.4) is 0 Å². The number of benzene rings is 1. The van der Waals surface area contributed by atoms with Gasteiger partial charge in [-0.1, -0.05) is 29.4 Å². The molecule has 2 aliphatic rings. The molecule has 0 aliphatic heterocycles. The summed E-state index contributed by atoms with van der Waals surface area (Å²) in [7, 11) is 0. The summed E-state index contributed by atoms with van der Waals surface area (Å²) in [4.78, 5) is 34.8. The highest BCUT2D eigenvalue weighted by molar-refractivity contribution is 5.97. The molecule has 0 heterocycles. The maximum absolute atomic E-state index is 12.8. The highest BCUT2D eigenvalue weighted by Crippen LogP contribution is 2.53. The maximum Gasteiger partial charge on any atom is 0.308 e. The molecule has 1 aromatic rings. The lowest BCUT2D eigenvalue weighted by atomic mass is 9.82. The van der Waals surface area contributed by atoms with E-state index in [1.165, 1.54) is 18.2 Å². The zero-order valence-corrected chi connectivity index (χ0v) is 13.8. The number of allylic oxidation sites excluding steroid dienone is 4. The quantitative estimate of drug-likeness (QED) is 0.496. The van der Waals surface area contributed by atoms with Gasteiger partial charge in [0.1, 0.15) is 0 Å². The Morgan fingerprint density at radius 1 is 1.16 bits per heavy atom. The zero-order valence-electron chi connectivity index (χ0n) is 13.8. The van der Waals surface area contributed by atoms with Gasteiger partial charge in [0.05, 0.1) is 16.8 Å². The van der Waals surface area contributed by atoms with Crippen LogP contribution in [0.2, 0.25) is 0 Å². The van der Waals surface area contributed by atoms with Crippen molar-refractivity contribution in [2.24, 2.45) is 23.7 Å². The summed E-state index contributed by atoms with van der Waals surface area (Å²) in [5.74, 6) is -3.49. The van der Waals surface area contributed by atoms with Crippen LogP contribution < -0.4 is 5.32 Å². The number of nitro groups is 1. The van der Waals surface area contributed by atoms with Crippen LogP contribution in [-0.2, 0) is 9.59 Å². The molecule has 130 valence electrons. The fourth-order valence-corrected chi connectivity index (χ4v) is 3.96. The van der Waals surface area contributed by atoms with Gasteiger partial charge in [0.15, 0.2) is 0 Å². The average molecular weight is 342 g/mol. The Hall–Kier alpha value is -2.96. The molecule has 0 spiro atoms. The molecule has 1 saturated carbocycles. The number of hydrogen-bond donors (Lipinski definition) is 2. The van der Waals surface area contributed by atoms with Crippen LogP contribution in [-0.4, -0.2) is 21.9 Å². The van der Waals surface area contributed by atoms with Gasteiger partial charge in [-0.15, -0.1) is 0 Å². The minimum Gasteiger partial charge on any atom is -0.481 e. The number of amides is 1. The second-order valence-corrected chi connectivity index (χ2v) is 6.58. The SMILES string of the molecule is CC(C)=C1[C@H]2C=C[C@H]1[C@@H](C(=O)Nc1cccc([N+](=O)[O-])c1)[C@@H]2C(=O)O. The molecule has 0 unspecified atom stereocenters. The first kappa shape index (κ1) is 16.9. The Morgan fingerprint density at radius 3 is 2.36 bits per heavy atom. The summed E-state index contributed by atoms with van der Waals surface area (Å²) < 4.78 is 0. The molecule has 3 rings (SSSR count). The average Bonchev–Trinajstić information content (AvgIpc) is 3.11. The van der Waals surface area contributed by atoms with Crippen LogP contribution in [0.4, 0.5) is 11.4 Å². The molecule has 0 radical (unpaired) electrons. The molecule has 1 amide bonds. The van der Waals surface area contributed by atoms with Crippen molar-refractivity contribution < 1.29 is 19.6 Å². The lowest BCUT2D eigenvalue weighted by Gasteiger charge is -2.23. The third-order valence-corrected chi connectivity index (χ3v) is 4.89. The van der Waals surface area contributed by atoms with Crippen LogP contribution in [0.5, 0.6) is 0 Å². The van der Waals surface area contributed by atoms with Crippen molar-refractivity contribution in [1.29, 1.82) is 0 Å². The number of nitrogens with zero attached hydrogens (tertiary/aromatic N) is 1. The molecule has 1 fully saturated rings. The summed E-state index contributed by atoms with van der Waals surface area (Å²) in [5.41, 5.74) is 2.17. The summed E-state index contributed by atoms with van der Waals surface area (Å²) in [5, 5.41) is 23.1. The van der Waals surface area contributed by atoms with Crippen molar-refractivity contribution in [3.8, 4) is 0 Å². The lowest BCUT2D eigenvalue weighted by molar-refractivity contribution is -0.384. The van der Waals surface area contributed by atoms with Crippen molar-refractivity contribution in [2.75, 3.05) is 5.32 Å². The number of carbonyl (C=O) groups is 2. The van der Waals surface area contributed by atoms with Crippen LogP contribution in [0, 0.1) is 33.8 Å². The number of carboxylic acid groups (broad SMARTS) is 1. The Labute approximate surface area is 144 Å². The predicted octanol–water partition coefficient (Wildman–Crippen LogP) is 3.00. The van der Waals surface area contributed by atoms with Gasteiger partial charge >= 0.3 is 5.97 Å². The molecule has 0 saturated heterocycles. The zero-order chi connectivity index (χ0) is 18.3. The molecule has 0 aromatic heterocycles. The second kappa shape index (κ2) is 6.16. The molecule has 25 heavy (non-hydrogen) atoms. The van der Waals surface area contributed by atoms with Crippen LogP contribution in [0.1, 0.15) is 13.8 Å². The van der Waals surface area contributed by atoms with E-state index < -0.39 is 28.6 Å². The van der Waals surface area contributed by atoms with E-state index in [1.807, 2.05) is 26.0 Å². The van der Waals surface area contributed by atoms with E-state index in [2.05, 4.69) is 5.32 Å². The van der Waals surface area contributed by atoms with Gasteiger partial charge in [-0.3, -0.25) is 19.7 Å². The first-order chi connectivity index (χ1) is 11.8. The molecule has 4 atom stereocenters. The molecule has 7 heteroatoms. The molecule has 2 aliphatic carbocycles. The predicted molar refractivity (Wildman–Crippen MR) is 90.8 cm³/mol. The minimum atomic E-state index is -1.00. The first-order valence-electron chi connectivity index (χ1n) is 7.95. The van der Waals surface area contributed by atoms with E-state index in [1.54, 1.807) is 6.07 Å². The van der Waals surface area contributed by atoms with Gasteiger partial charge in [-0.2, -0.15) is 0 Å². The second-order valence-electron chi connectivity index (χ2n) is 6.58. The number of non-ortho nitro benzene ring substituents is 1. The highest BCUT2D eigenvalue weighted by atomic mass is 16.6. The summed E-state index contributed by atoms with van der Waals surface area (Å²) in [6, 6.07) is 5.62. The van der Waals surface area contributed by atoms with Crippen molar-refractivity contribution in [1.82, 2.24) is 0 Å². The Bertz CT molecular complexity index is 823. The van der Waals surface area contributed by atoms with E-state index in [0.29, 0.717) is 0 Å². The van der Waals surface area contributed by atoms with Gasteiger partial charge < -0.3 is 10.4 Å². The monoisotopic (exact) mass is 342 g/mol. The van der Waals surface area contributed by atoms with E-state index in [9.17, 15) is 24.8 Å². The Balaban J connectivity index is 1.90. The third-order valence-electron chi connectivity index (χ3n) is 4.89. The highest BCUT2D eigenvalue weighted by Gasteiger charge is 2.54. The molecular weight excluding hydrogens is 324 g/mol. The van der Waals surface area contributed by atoms with Crippen LogP contribution in [0.25, 0.3) is 0 Å². The van der Waals surface area contributed by atoms with Gasteiger partial charge in [-0.25, -0.2) is 0 Å². The number of hydrogen-bond acceptors (Lipinski definition) is 4. The number of nitrogens with one attached hydrogen (secondary N) is 1. The topological polar surface area (TPSA) is 110 Å². The summed E-state index contributed by atoms with van der Waals surface area (Å²) >= 11 is 0. The van der Waals surface area contributed by atoms with Crippen LogP contribution >= 0.6 is 0 Å². The summed E-state index contributed by atoms with van der Waals surface area (Å²) in [6.07, 6.45) is 3.76. The van der Waals surface area contributed by atoms with Crippen molar-refractivity contribution >= 4 is 23.3 Å². The van der Waals surface area contributed by atoms with Gasteiger partial charge in [-0.05, 0) is 19.9 Å². The van der Waals surface area contributed by atoms with Gasteiger partial charge in [0.25, 0.3) is 5.69 Å². The molecule has 2 bridgehead atoms.